The van der Waals surface area contributed by atoms with E-state index in [4.69, 9.17) is 38.0 Å². The number of carbonyl (C=O) groups excluding carboxylic acids is 1. The van der Waals surface area contributed by atoms with Crippen LogP contribution in [0.5, 0.6) is 0 Å². The second-order valence-corrected chi connectivity index (χ2v) is 11.0. The van der Waals surface area contributed by atoms with Crippen molar-refractivity contribution < 1.29 is 14.3 Å². The highest BCUT2D eigenvalue weighted by atomic mass is 16.5. The van der Waals surface area contributed by atoms with Crippen LogP contribution in [0.2, 0.25) is 0 Å². The predicted molar refractivity (Wildman–Crippen MR) is 155 cm³/mol. The highest BCUT2D eigenvalue weighted by molar-refractivity contribution is 6.58. The maximum absolute atomic E-state index is 13.4. The molecule has 39 heavy (non-hydrogen) atoms. The van der Waals surface area contributed by atoms with Crippen LogP contribution in [0.15, 0.2) is 41.2 Å². The summed E-state index contributed by atoms with van der Waals surface area (Å²) in [5.41, 5.74) is 4.02. The number of fused-ring (bicyclic) bond motifs is 2. The molecule has 0 saturated carbocycles. The zero-order valence-corrected chi connectivity index (χ0v) is 22.9. The van der Waals surface area contributed by atoms with Crippen molar-refractivity contribution in [3.63, 3.8) is 0 Å². The summed E-state index contributed by atoms with van der Waals surface area (Å²) in [6.45, 7) is 8.18. The van der Waals surface area contributed by atoms with Crippen molar-refractivity contribution in [1.82, 2.24) is 9.55 Å². The van der Waals surface area contributed by atoms with Gasteiger partial charge in [0.15, 0.2) is 0 Å². The van der Waals surface area contributed by atoms with Gasteiger partial charge in [0.05, 0.1) is 59.2 Å². The quantitative estimate of drug-likeness (QED) is 0.441. The molecule has 6 radical (unpaired) electrons. The number of rotatable bonds is 7. The Bertz CT molecular complexity index is 1480. The third-order valence-corrected chi connectivity index (χ3v) is 7.71. The van der Waals surface area contributed by atoms with Gasteiger partial charge in [-0.3, -0.25) is 14.2 Å². The van der Waals surface area contributed by atoms with Gasteiger partial charge in [-0.2, -0.15) is 0 Å². The van der Waals surface area contributed by atoms with E-state index >= 15 is 0 Å². The Morgan fingerprint density at radius 1 is 1.15 bits per heavy atom. The van der Waals surface area contributed by atoms with E-state index in [0.29, 0.717) is 49.4 Å². The number of ether oxygens (including phenoxy) is 2. The minimum Gasteiger partial charge on any atom is -0.400 e. The number of amides is 1. The molecule has 2 aromatic carbocycles. The second kappa shape index (κ2) is 10.2. The summed E-state index contributed by atoms with van der Waals surface area (Å²) in [6, 6.07) is 11.8. The van der Waals surface area contributed by atoms with Crippen LogP contribution in [-0.2, 0) is 32.6 Å². The van der Waals surface area contributed by atoms with E-state index in [9.17, 15) is 9.59 Å². The maximum atomic E-state index is 13.4. The minimum absolute atomic E-state index is 0.0722. The Hall–Kier alpha value is -3.04. The summed E-state index contributed by atoms with van der Waals surface area (Å²) in [5, 5.41) is -1.14. The molecule has 1 fully saturated rings. The van der Waals surface area contributed by atoms with Crippen LogP contribution in [-0.4, -0.2) is 83.8 Å². The van der Waals surface area contributed by atoms with E-state index in [0.717, 1.165) is 22.5 Å². The van der Waals surface area contributed by atoms with Crippen LogP contribution in [0, 0.1) is 6.92 Å². The highest BCUT2D eigenvalue weighted by Gasteiger charge is 2.42. The molecule has 1 saturated heterocycles. The first-order valence-corrected chi connectivity index (χ1v) is 13.1. The molecule has 3 aromatic rings. The van der Waals surface area contributed by atoms with Crippen LogP contribution in [0.4, 0.5) is 11.4 Å². The molecule has 0 bridgehead atoms. The van der Waals surface area contributed by atoms with Crippen molar-refractivity contribution in [1.29, 1.82) is 0 Å². The Balaban J connectivity index is 1.33. The van der Waals surface area contributed by atoms with Gasteiger partial charge in [-0.25, -0.2) is 4.98 Å². The highest BCUT2D eigenvalue weighted by Crippen LogP contribution is 2.41. The Morgan fingerprint density at radius 2 is 1.92 bits per heavy atom. The number of morpholine rings is 1. The lowest BCUT2D eigenvalue weighted by atomic mass is 9.52. The zero-order valence-electron chi connectivity index (χ0n) is 22.9. The van der Waals surface area contributed by atoms with Gasteiger partial charge in [-0.15, -0.1) is 0 Å². The van der Waals surface area contributed by atoms with Crippen molar-refractivity contribution in [2.24, 2.45) is 0 Å². The van der Waals surface area contributed by atoms with E-state index in [1.54, 1.807) is 9.47 Å². The minimum atomic E-state index is -1.71. The molecule has 0 spiro atoms. The standard InChI is InChI=1S/C28H31B3N4O4/c1-17-32-23-14-19(34-11-12-38-20(15-34)16-39-28(29,30)31)6-7-21(23)25(36)35(17)10-9-18-5-8-22-24(13-18)33(4)26(37)27(22,2)3/h5-8,13-14,20H,9-12,15-16H2,1-4H3. The third kappa shape index (κ3) is 5.39. The molecule has 1 aromatic heterocycles. The van der Waals surface area contributed by atoms with Gasteiger partial charge < -0.3 is 19.3 Å². The second-order valence-electron chi connectivity index (χ2n) is 11.0. The van der Waals surface area contributed by atoms with E-state index in [-0.39, 0.29) is 24.2 Å². The van der Waals surface area contributed by atoms with Crippen molar-refractivity contribution in [2.75, 3.05) is 43.2 Å². The average molecular weight is 520 g/mol. The van der Waals surface area contributed by atoms with Crippen molar-refractivity contribution in [3.8, 4) is 0 Å². The number of hydrogen-bond donors (Lipinski definition) is 0. The topological polar surface area (TPSA) is 76.9 Å². The molecule has 1 atom stereocenters. The Labute approximate surface area is 232 Å². The normalized spacial score (nSPS) is 19.1. The fraction of sp³-hybridized carbons (Fsp3) is 0.464. The monoisotopic (exact) mass is 520 g/mol. The number of benzene rings is 2. The van der Waals surface area contributed by atoms with Crippen LogP contribution >= 0.6 is 0 Å². The van der Waals surface area contributed by atoms with E-state index in [1.165, 1.54) is 0 Å². The van der Waals surface area contributed by atoms with Crippen molar-refractivity contribution in [3.05, 3.63) is 63.7 Å². The number of likely N-dealkylation sites (N-methyl/N-ethyl adjacent to an activating group) is 1. The lowest BCUT2D eigenvalue weighted by Gasteiger charge is -2.36. The smallest absolute Gasteiger partial charge is 0.261 e. The van der Waals surface area contributed by atoms with Crippen molar-refractivity contribution >= 4 is 51.7 Å². The molecule has 196 valence electrons. The van der Waals surface area contributed by atoms with E-state index < -0.39 is 10.7 Å². The van der Waals surface area contributed by atoms with E-state index in [2.05, 4.69) is 11.0 Å². The molecular formula is C28H31B3N4O4. The van der Waals surface area contributed by atoms with Gasteiger partial charge in [-0.1, -0.05) is 12.1 Å². The molecule has 5 rings (SSSR count). The largest absolute Gasteiger partial charge is 0.400 e. The van der Waals surface area contributed by atoms with Crippen LogP contribution in [0.1, 0.15) is 30.8 Å². The summed E-state index contributed by atoms with van der Waals surface area (Å²) in [5.74, 6) is 0.738. The number of aromatic nitrogens is 2. The van der Waals surface area contributed by atoms with Crippen molar-refractivity contribution in [2.45, 2.75) is 50.6 Å². The van der Waals surface area contributed by atoms with Gasteiger partial charge in [0.1, 0.15) is 5.82 Å². The molecule has 11 heteroatoms. The first-order valence-electron chi connectivity index (χ1n) is 13.1. The molecule has 3 heterocycles. The molecule has 2 aliphatic heterocycles. The number of carbonyl (C=O) groups is 1. The number of hydrogen-bond acceptors (Lipinski definition) is 6. The molecule has 0 aliphatic carbocycles. The molecule has 8 nitrogen and oxygen atoms in total. The lowest BCUT2D eigenvalue weighted by Crippen LogP contribution is -2.47. The first kappa shape index (κ1) is 27.5. The fourth-order valence-electron chi connectivity index (χ4n) is 5.50. The molecule has 2 aliphatic rings. The Morgan fingerprint density at radius 3 is 2.67 bits per heavy atom. The maximum Gasteiger partial charge on any atom is 0.261 e. The zero-order chi connectivity index (χ0) is 28.1. The fourth-order valence-corrected chi connectivity index (χ4v) is 5.50. The summed E-state index contributed by atoms with van der Waals surface area (Å²) < 4.78 is 12.7. The van der Waals surface area contributed by atoms with Crippen LogP contribution < -0.4 is 15.4 Å². The summed E-state index contributed by atoms with van der Waals surface area (Å²) in [4.78, 5) is 34.7. The third-order valence-electron chi connectivity index (χ3n) is 7.71. The molecule has 1 unspecified atom stereocenters. The lowest BCUT2D eigenvalue weighted by molar-refractivity contribution is -0.121. The first-order chi connectivity index (χ1) is 18.3. The van der Waals surface area contributed by atoms with Crippen LogP contribution in [0.3, 0.4) is 0 Å². The number of aryl methyl sites for hydroxylation is 2. The SMILES string of the molecule is [B]C([B])([B])OCC1CN(c2ccc3c(=O)n(CCc4ccc5c(c4)N(C)C(=O)C5(C)C)c(C)nc3c2)CCO1. The molecular weight excluding hydrogens is 489 g/mol. The van der Waals surface area contributed by atoms with Gasteiger partial charge in [0.25, 0.3) is 5.56 Å². The van der Waals surface area contributed by atoms with E-state index in [1.807, 2.05) is 58.2 Å². The summed E-state index contributed by atoms with van der Waals surface area (Å²) in [6.07, 6.45) is 0.407. The summed E-state index contributed by atoms with van der Waals surface area (Å²) >= 11 is 0. The predicted octanol–water partition coefficient (Wildman–Crippen LogP) is 1.54. The van der Waals surface area contributed by atoms with Gasteiger partial charge in [0.2, 0.25) is 5.91 Å². The molecule has 0 N–H and O–H groups in total. The Kier molecular flexibility index (Phi) is 7.18. The average Bonchev–Trinajstić information content (AvgIpc) is 3.06. The van der Waals surface area contributed by atoms with Crippen LogP contribution in [0.25, 0.3) is 10.9 Å². The molecule has 1 amide bonds. The van der Waals surface area contributed by atoms with Gasteiger partial charge in [0, 0.05) is 38.1 Å². The van der Waals surface area contributed by atoms with Gasteiger partial charge in [-0.05, 0) is 67.9 Å². The summed E-state index contributed by atoms with van der Waals surface area (Å²) in [7, 11) is 18.3. The number of nitrogens with zero attached hydrogens (tertiary/aromatic N) is 4. The number of anilines is 2. The van der Waals surface area contributed by atoms with Gasteiger partial charge >= 0.3 is 0 Å².